The maximum absolute atomic E-state index is 12.1. The zero-order valence-corrected chi connectivity index (χ0v) is 13.4. The number of hydrogen-bond acceptors (Lipinski definition) is 2. The maximum atomic E-state index is 12.1. The predicted molar refractivity (Wildman–Crippen MR) is 83.3 cm³/mol. The first-order valence-corrected chi connectivity index (χ1v) is 7.50. The number of carboxylic acids is 1. The van der Waals surface area contributed by atoms with Gasteiger partial charge < -0.3 is 10.4 Å². The van der Waals surface area contributed by atoms with Crippen LogP contribution in [0.3, 0.4) is 0 Å². The minimum Gasteiger partial charge on any atom is -0.481 e. The maximum Gasteiger partial charge on any atom is 0.310 e. The van der Waals surface area contributed by atoms with Gasteiger partial charge in [-0.1, -0.05) is 37.6 Å². The third-order valence-electron chi connectivity index (χ3n) is 4.05. The normalized spacial score (nSPS) is 12.8. The number of aliphatic carboxylic acids is 1. The molecule has 0 aliphatic rings. The molecule has 2 N–H and O–H groups in total. The van der Waals surface area contributed by atoms with E-state index >= 15 is 0 Å². The van der Waals surface area contributed by atoms with Crippen LogP contribution in [0.1, 0.15) is 51.6 Å². The van der Waals surface area contributed by atoms with E-state index in [0.29, 0.717) is 17.9 Å². The number of nitrogens with one attached hydrogen (secondary N) is 1. The summed E-state index contributed by atoms with van der Waals surface area (Å²) < 4.78 is 0. The highest BCUT2D eigenvalue weighted by Gasteiger charge is 2.37. The first-order chi connectivity index (χ1) is 9.84. The Morgan fingerprint density at radius 1 is 1.24 bits per heavy atom. The number of hydrogen-bond donors (Lipinski definition) is 2. The molecule has 0 fully saturated rings. The van der Waals surface area contributed by atoms with Gasteiger partial charge in [0.15, 0.2) is 0 Å². The van der Waals surface area contributed by atoms with E-state index in [2.05, 4.69) is 5.32 Å². The highest BCUT2D eigenvalue weighted by atomic mass is 35.5. The van der Waals surface area contributed by atoms with Crippen molar-refractivity contribution in [3.8, 4) is 0 Å². The van der Waals surface area contributed by atoms with Gasteiger partial charge in [0.2, 0.25) is 5.91 Å². The van der Waals surface area contributed by atoms with E-state index in [1.165, 1.54) is 0 Å². The summed E-state index contributed by atoms with van der Waals surface area (Å²) in [5.74, 6) is -1.16. The summed E-state index contributed by atoms with van der Waals surface area (Å²) in [7, 11) is 0. The van der Waals surface area contributed by atoms with Crippen LogP contribution >= 0.6 is 11.6 Å². The van der Waals surface area contributed by atoms with Crippen molar-refractivity contribution in [3.63, 3.8) is 0 Å². The molecule has 1 aromatic rings. The molecule has 0 aliphatic carbocycles. The van der Waals surface area contributed by atoms with Crippen molar-refractivity contribution in [2.24, 2.45) is 5.41 Å². The summed E-state index contributed by atoms with van der Waals surface area (Å²) in [4.78, 5) is 23.5. The van der Waals surface area contributed by atoms with Crippen LogP contribution in [0.15, 0.2) is 24.3 Å². The van der Waals surface area contributed by atoms with Crippen LogP contribution < -0.4 is 5.32 Å². The zero-order chi connectivity index (χ0) is 16.0. The number of amides is 1. The van der Waals surface area contributed by atoms with Gasteiger partial charge in [0.1, 0.15) is 0 Å². The Morgan fingerprint density at radius 2 is 1.76 bits per heavy atom. The van der Waals surface area contributed by atoms with E-state index in [1.54, 1.807) is 26.0 Å². The summed E-state index contributed by atoms with van der Waals surface area (Å²) in [6.07, 6.45) is 0.858. The minimum absolute atomic E-state index is 0.00668. The monoisotopic (exact) mass is 311 g/mol. The van der Waals surface area contributed by atoms with Gasteiger partial charge in [0.05, 0.1) is 11.5 Å². The molecule has 0 radical (unpaired) electrons. The Balaban J connectivity index is 2.72. The molecule has 116 valence electrons. The summed E-state index contributed by atoms with van der Waals surface area (Å²) in [6.45, 7) is 5.46. The average molecular weight is 312 g/mol. The molecule has 0 saturated carbocycles. The number of carboxylic acid groups (broad SMARTS) is 1. The summed E-state index contributed by atoms with van der Waals surface area (Å²) in [5, 5.41) is 12.8. The molecule has 5 heteroatoms. The number of rotatable bonds is 7. The van der Waals surface area contributed by atoms with Crippen LogP contribution in [0.4, 0.5) is 0 Å². The Hall–Kier alpha value is -1.55. The van der Waals surface area contributed by atoms with Gasteiger partial charge >= 0.3 is 5.97 Å². The Labute approximate surface area is 130 Å². The topological polar surface area (TPSA) is 66.4 Å². The molecule has 1 unspecified atom stereocenters. The van der Waals surface area contributed by atoms with Gasteiger partial charge in [-0.25, -0.2) is 0 Å². The standard InChI is InChI=1S/C16H22ClNO3/c1-4-16(5-2,15(20)21)10-14(19)18-11(3)12-6-8-13(17)9-7-12/h6-9,11H,4-5,10H2,1-3H3,(H,18,19)(H,20,21). The van der Waals surface area contributed by atoms with Crippen molar-refractivity contribution in [3.05, 3.63) is 34.9 Å². The van der Waals surface area contributed by atoms with Gasteiger partial charge in [0.25, 0.3) is 0 Å². The minimum atomic E-state index is -0.982. The molecular formula is C16H22ClNO3. The van der Waals surface area contributed by atoms with Crippen molar-refractivity contribution in [2.45, 2.75) is 46.1 Å². The number of halogens is 1. The number of carbonyl (C=O) groups is 2. The average Bonchev–Trinajstić information content (AvgIpc) is 2.45. The summed E-state index contributed by atoms with van der Waals surface area (Å²) in [5.41, 5.74) is -0.0502. The predicted octanol–water partition coefficient (Wildman–Crippen LogP) is 3.80. The third-order valence-corrected chi connectivity index (χ3v) is 4.31. The van der Waals surface area contributed by atoms with Gasteiger partial charge in [-0.2, -0.15) is 0 Å². The van der Waals surface area contributed by atoms with E-state index in [-0.39, 0.29) is 18.4 Å². The molecule has 0 bridgehead atoms. The Kier molecular flexibility index (Phi) is 6.21. The van der Waals surface area contributed by atoms with Gasteiger partial charge in [-0.15, -0.1) is 0 Å². The van der Waals surface area contributed by atoms with E-state index < -0.39 is 11.4 Å². The second-order valence-corrected chi connectivity index (χ2v) is 5.75. The molecule has 1 aromatic carbocycles. The number of benzene rings is 1. The van der Waals surface area contributed by atoms with Crippen molar-refractivity contribution >= 4 is 23.5 Å². The molecule has 1 rings (SSSR count). The fourth-order valence-electron chi connectivity index (χ4n) is 2.31. The van der Waals surface area contributed by atoms with Gasteiger partial charge in [-0.05, 0) is 37.5 Å². The lowest BCUT2D eigenvalue weighted by molar-refractivity contribution is -0.152. The molecule has 1 atom stereocenters. The molecule has 0 spiro atoms. The largest absolute Gasteiger partial charge is 0.481 e. The lowest BCUT2D eigenvalue weighted by Crippen LogP contribution is -2.37. The second kappa shape index (κ2) is 7.46. The smallest absolute Gasteiger partial charge is 0.310 e. The van der Waals surface area contributed by atoms with E-state index in [1.807, 2.05) is 19.1 Å². The zero-order valence-electron chi connectivity index (χ0n) is 12.6. The van der Waals surface area contributed by atoms with Crippen LogP contribution in [0.2, 0.25) is 5.02 Å². The van der Waals surface area contributed by atoms with Crippen LogP contribution in [0.5, 0.6) is 0 Å². The summed E-state index contributed by atoms with van der Waals surface area (Å²) >= 11 is 5.83. The lowest BCUT2D eigenvalue weighted by atomic mass is 9.79. The van der Waals surface area contributed by atoms with E-state index in [0.717, 1.165) is 5.56 Å². The summed E-state index contributed by atoms with van der Waals surface area (Å²) in [6, 6.07) is 7.03. The molecule has 1 amide bonds. The molecule has 0 saturated heterocycles. The van der Waals surface area contributed by atoms with Crippen molar-refractivity contribution in [1.82, 2.24) is 5.32 Å². The SMILES string of the molecule is CCC(CC)(CC(=O)NC(C)c1ccc(Cl)cc1)C(=O)O. The highest BCUT2D eigenvalue weighted by molar-refractivity contribution is 6.30. The second-order valence-electron chi connectivity index (χ2n) is 5.31. The molecule has 0 aliphatic heterocycles. The van der Waals surface area contributed by atoms with Crippen LogP contribution in [-0.2, 0) is 9.59 Å². The van der Waals surface area contributed by atoms with Crippen LogP contribution in [-0.4, -0.2) is 17.0 Å². The molecule has 0 heterocycles. The van der Waals surface area contributed by atoms with E-state index in [4.69, 9.17) is 11.6 Å². The van der Waals surface area contributed by atoms with Crippen molar-refractivity contribution in [2.75, 3.05) is 0 Å². The van der Waals surface area contributed by atoms with Gasteiger partial charge in [0, 0.05) is 11.4 Å². The van der Waals surface area contributed by atoms with E-state index in [9.17, 15) is 14.7 Å². The third kappa shape index (κ3) is 4.46. The highest BCUT2D eigenvalue weighted by Crippen LogP contribution is 2.31. The quantitative estimate of drug-likeness (QED) is 0.805. The Bertz CT molecular complexity index is 495. The Morgan fingerprint density at radius 3 is 2.19 bits per heavy atom. The molecular weight excluding hydrogens is 290 g/mol. The lowest BCUT2D eigenvalue weighted by Gasteiger charge is -2.26. The van der Waals surface area contributed by atoms with Gasteiger partial charge in [-0.3, -0.25) is 9.59 Å². The molecule has 4 nitrogen and oxygen atoms in total. The fourth-order valence-corrected chi connectivity index (χ4v) is 2.44. The molecule has 21 heavy (non-hydrogen) atoms. The van der Waals surface area contributed by atoms with Crippen LogP contribution in [0.25, 0.3) is 0 Å². The first kappa shape index (κ1) is 17.5. The molecule has 0 aromatic heterocycles. The van der Waals surface area contributed by atoms with Crippen molar-refractivity contribution < 1.29 is 14.7 Å². The number of carbonyl (C=O) groups excluding carboxylic acids is 1. The fraction of sp³-hybridized carbons (Fsp3) is 0.500. The van der Waals surface area contributed by atoms with Crippen molar-refractivity contribution in [1.29, 1.82) is 0 Å². The first-order valence-electron chi connectivity index (χ1n) is 7.13. The van der Waals surface area contributed by atoms with Crippen LogP contribution in [0, 0.1) is 5.41 Å².